The van der Waals surface area contributed by atoms with Gasteiger partial charge in [0.2, 0.25) is 10.0 Å². The van der Waals surface area contributed by atoms with Crippen LogP contribution in [0, 0.1) is 13.8 Å². The predicted octanol–water partition coefficient (Wildman–Crippen LogP) is 4.20. The molecule has 29 heavy (non-hydrogen) atoms. The minimum atomic E-state index is -3.49. The van der Waals surface area contributed by atoms with Crippen molar-refractivity contribution in [1.82, 2.24) is 8.87 Å². The Labute approximate surface area is 172 Å². The lowest BCUT2D eigenvalue weighted by atomic mass is 9.83. The highest BCUT2D eigenvalue weighted by atomic mass is 32.2. The van der Waals surface area contributed by atoms with Crippen molar-refractivity contribution in [1.29, 1.82) is 0 Å². The zero-order chi connectivity index (χ0) is 20.2. The van der Waals surface area contributed by atoms with E-state index in [-0.39, 0.29) is 5.54 Å². The van der Waals surface area contributed by atoms with Crippen LogP contribution in [-0.2, 0) is 15.6 Å². The number of nitrogens with one attached hydrogen (secondary N) is 1. The Morgan fingerprint density at radius 1 is 0.966 bits per heavy atom. The average Bonchev–Trinajstić information content (AvgIpc) is 3.19. The molecule has 2 aliphatic heterocycles. The molecular weight excluding hydrogens is 382 g/mol. The lowest BCUT2D eigenvalue weighted by Crippen LogP contribution is -2.51. The Kier molecular flexibility index (Phi) is 4.12. The van der Waals surface area contributed by atoms with Crippen LogP contribution in [0.5, 0.6) is 0 Å². The van der Waals surface area contributed by atoms with E-state index in [2.05, 4.69) is 40.3 Å². The normalized spacial score (nSPS) is 18.1. The molecule has 0 bridgehead atoms. The molecule has 2 aliphatic rings. The first kappa shape index (κ1) is 18.5. The Morgan fingerprint density at radius 3 is 2.48 bits per heavy atom. The van der Waals surface area contributed by atoms with Crippen LogP contribution >= 0.6 is 0 Å². The number of hydrogen-bond acceptors (Lipinski definition) is 3. The zero-order valence-corrected chi connectivity index (χ0v) is 17.5. The van der Waals surface area contributed by atoms with Crippen molar-refractivity contribution in [2.45, 2.75) is 37.1 Å². The van der Waals surface area contributed by atoms with Gasteiger partial charge < -0.3 is 9.88 Å². The maximum Gasteiger partial charge on any atom is 0.243 e. The molecule has 3 heterocycles. The maximum atomic E-state index is 13.3. The molecule has 2 aromatic carbocycles. The van der Waals surface area contributed by atoms with Gasteiger partial charge in [0.15, 0.2) is 0 Å². The molecule has 1 spiro atoms. The van der Waals surface area contributed by atoms with E-state index in [1.54, 1.807) is 10.4 Å². The van der Waals surface area contributed by atoms with Crippen molar-refractivity contribution < 1.29 is 8.42 Å². The van der Waals surface area contributed by atoms with E-state index in [1.165, 1.54) is 5.69 Å². The lowest BCUT2D eigenvalue weighted by Gasteiger charge is -2.46. The minimum Gasteiger partial charge on any atom is -0.372 e. The molecule has 1 fully saturated rings. The highest BCUT2D eigenvalue weighted by molar-refractivity contribution is 7.89. The zero-order valence-electron chi connectivity index (χ0n) is 16.7. The SMILES string of the molecule is Cc1ccc(S(=O)(=O)N2CCC3(CC2)Nc2ccccc2-n2cccc23)c(C)c1. The second-order valence-electron chi connectivity index (χ2n) is 8.16. The molecule has 0 aliphatic carbocycles. The van der Waals surface area contributed by atoms with Gasteiger partial charge in [-0.25, -0.2) is 8.42 Å². The highest BCUT2D eigenvalue weighted by Gasteiger charge is 2.43. The summed E-state index contributed by atoms with van der Waals surface area (Å²) in [6.07, 6.45) is 3.56. The molecule has 1 saturated heterocycles. The summed E-state index contributed by atoms with van der Waals surface area (Å²) in [5.74, 6) is 0. The van der Waals surface area contributed by atoms with Gasteiger partial charge in [-0.2, -0.15) is 4.31 Å². The first-order valence-electron chi connectivity index (χ1n) is 10.0. The molecule has 0 amide bonds. The Balaban J connectivity index is 1.45. The third-order valence-electron chi connectivity index (χ3n) is 6.30. The van der Waals surface area contributed by atoms with Gasteiger partial charge in [0.05, 0.1) is 21.8 Å². The number of para-hydroxylation sites is 2. The molecule has 0 saturated carbocycles. The lowest BCUT2D eigenvalue weighted by molar-refractivity contribution is 0.247. The molecule has 3 aromatic rings. The van der Waals surface area contributed by atoms with Crippen LogP contribution in [0.25, 0.3) is 5.69 Å². The van der Waals surface area contributed by atoms with E-state index in [0.29, 0.717) is 18.0 Å². The summed E-state index contributed by atoms with van der Waals surface area (Å²) in [5, 5.41) is 3.74. The third-order valence-corrected chi connectivity index (χ3v) is 8.36. The van der Waals surface area contributed by atoms with Crippen LogP contribution in [0.15, 0.2) is 65.7 Å². The van der Waals surface area contributed by atoms with E-state index in [9.17, 15) is 8.42 Å². The number of hydrogen-bond donors (Lipinski definition) is 1. The molecule has 0 atom stereocenters. The van der Waals surface area contributed by atoms with Crippen molar-refractivity contribution in [3.8, 4) is 5.69 Å². The molecular formula is C23H25N3O2S. The second kappa shape index (κ2) is 6.47. The first-order chi connectivity index (χ1) is 13.9. The number of anilines is 1. The van der Waals surface area contributed by atoms with Crippen molar-refractivity contribution in [2.24, 2.45) is 0 Å². The molecule has 150 valence electrons. The van der Waals surface area contributed by atoms with Crippen LogP contribution in [0.4, 0.5) is 5.69 Å². The van der Waals surface area contributed by atoms with E-state index in [4.69, 9.17) is 0 Å². The second-order valence-corrected chi connectivity index (χ2v) is 10.1. The molecule has 1 N–H and O–H groups in total. The number of piperidine rings is 1. The summed E-state index contributed by atoms with van der Waals surface area (Å²) < 4.78 is 30.5. The van der Waals surface area contributed by atoms with E-state index >= 15 is 0 Å². The third kappa shape index (κ3) is 2.81. The fourth-order valence-electron chi connectivity index (χ4n) is 4.81. The Bertz CT molecular complexity index is 1190. The van der Waals surface area contributed by atoms with Gasteiger partial charge in [0.25, 0.3) is 0 Å². The van der Waals surface area contributed by atoms with E-state index in [1.807, 2.05) is 38.1 Å². The van der Waals surface area contributed by atoms with Gasteiger partial charge in [0.1, 0.15) is 0 Å². The number of nitrogens with zero attached hydrogens (tertiary/aromatic N) is 2. The van der Waals surface area contributed by atoms with Crippen LogP contribution in [0.3, 0.4) is 0 Å². The standard InChI is InChI=1S/C23H25N3O2S/c1-17-9-10-21(18(2)16-17)29(27,28)25-14-11-23(12-15-25)22-8-5-13-26(22)20-7-4-3-6-19(20)24-23/h3-10,13,16,24H,11-12,14-15H2,1-2H3. The fourth-order valence-corrected chi connectivity index (χ4v) is 6.46. The quantitative estimate of drug-likeness (QED) is 0.693. The van der Waals surface area contributed by atoms with Gasteiger partial charge in [0, 0.05) is 25.0 Å². The van der Waals surface area contributed by atoms with E-state index in [0.717, 1.165) is 35.3 Å². The molecule has 6 heteroatoms. The van der Waals surface area contributed by atoms with Crippen molar-refractivity contribution in [3.05, 3.63) is 77.6 Å². The molecule has 5 rings (SSSR count). The average molecular weight is 408 g/mol. The van der Waals surface area contributed by atoms with Crippen LogP contribution < -0.4 is 5.32 Å². The van der Waals surface area contributed by atoms with Crippen LogP contribution in [0.2, 0.25) is 0 Å². The van der Waals surface area contributed by atoms with Gasteiger partial charge in [-0.1, -0.05) is 29.8 Å². The molecule has 1 aromatic heterocycles. The van der Waals surface area contributed by atoms with Crippen molar-refractivity contribution in [3.63, 3.8) is 0 Å². The van der Waals surface area contributed by atoms with Crippen LogP contribution in [0.1, 0.15) is 29.7 Å². The van der Waals surface area contributed by atoms with Crippen molar-refractivity contribution >= 4 is 15.7 Å². The Morgan fingerprint density at radius 2 is 1.72 bits per heavy atom. The number of fused-ring (bicyclic) bond motifs is 4. The number of aryl methyl sites for hydroxylation is 2. The summed E-state index contributed by atoms with van der Waals surface area (Å²) in [5.41, 5.74) is 5.09. The van der Waals surface area contributed by atoms with Crippen molar-refractivity contribution in [2.75, 3.05) is 18.4 Å². The molecule has 0 radical (unpaired) electrons. The van der Waals surface area contributed by atoms with Gasteiger partial charge >= 0.3 is 0 Å². The fraction of sp³-hybridized carbons (Fsp3) is 0.304. The number of benzene rings is 2. The smallest absolute Gasteiger partial charge is 0.243 e. The molecule has 0 unspecified atom stereocenters. The number of rotatable bonds is 2. The number of sulfonamides is 1. The number of aromatic nitrogens is 1. The van der Waals surface area contributed by atoms with Gasteiger partial charge in [-0.05, 0) is 62.6 Å². The summed E-state index contributed by atoms with van der Waals surface area (Å²) in [4.78, 5) is 0.421. The first-order valence-corrected chi connectivity index (χ1v) is 11.5. The molecule has 5 nitrogen and oxygen atoms in total. The summed E-state index contributed by atoms with van der Waals surface area (Å²) in [7, 11) is -3.49. The minimum absolute atomic E-state index is 0.244. The van der Waals surface area contributed by atoms with Gasteiger partial charge in [-0.15, -0.1) is 0 Å². The Hall–Kier alpha value is -2.57. The summed E-state index contributed by atoms with van der Waals surface area (Å²) >= 11 is 0. The van der Waals surface area contributed by atoms with Gasteiger partial charge in [-0.3, -0.25) is 0 Å². The summed E-state index contributed by atoms with van der Waals surface area (Å²) in [6.45, 7) is 4.85. The largest absolute Gasteiger partial charge is 0.372 e. The summed E-state index contributed by atoms with van der Waals surface area (Å²) in [6, 6.07) is 18.1. The highest BCUT2D eigenvalue weighted by Crippen LogP contribution is 2.44. The topological polar surface area (TPSA) is 54.3 Å². The van der Waals surface area contributed by atoms with Crippen LogP contribution in [-0.4, -0.2) is 30.4 Å². The maximum absolute atomic E-state index is 13.3. The van der Waals surface area contributed by atoms with E-state index < -0.39 is 10.0 Å². The predicted molar refractivity (Wildman–Crippen MR) is 115 cm³/mol. The monoisotopic (exact) mass is 407 g/mol.